The molecule has 0 unspecified atom stereocenters. The van der Waals surface area contributed by atoms with Crippen LogP contribution in [-0.4, -0.2) is 18.4 Å². The van der Waals surface area contributed by atoms with Crippen LogP contribution in [-0.2, 0) is 16.0 Å². The zero-order valence-corrected chi connectivity index (χ0v) is 16.8. The van der Waals surface area contributed by atoms with E-state index in [0.717, 1.165) is 23.2 Å². The molecule has 6 heteroatoms. The number of nitrogens with two attached hydrogens (primary N) is 1. The molecular formula is C24H25FN3O2+. The molecule has 5 nitrogen and oxygen atoms in total. The molecule has 0 spiro atoms. The van der Waals surface area contributed by atoms with E-state index < -0.39 is 6.04 Å². The molecule has 30 heavy (non-hydrogen) atoms. The van der Waals surface area contributed by atoms with E-state index in [9.17, 15) is 14.0 Å². The standard InChI is InChI=1S/C24H24FN3O2/c1-2-17-8-6-7-11-21(17)28-22(29)16-26-23(18-9-4-3-5-10-18)24(30)27-20-14-12-19(25)13-15-20/h3-15,23,26H,2,16H2,1H3,(H,27,30)(H,28,29)/p+1/t23-/m0/s1. The Kier molecular flexibility index (Phi) is 7.29. The Labute approximate surface area is 175 Å². The molecule has 3 aromatic carbocycles. The van der Waals surface area contributed by atoms with Crippen LogP contribution in [0.15, 0.2) is 78.9 Å². The molecule has 4 N–H and O–H groups in total. The van der Waals surface area contributed by atoms with Crippen molar-refractivity contribution in [3.63, 3.8) is 0 Å². The Bertz CT molecular complexity index is 991. The molecule has 0 saturated carbocycles. The summed E-state index contributed by atoms with van der Waals surface area (Å²) in [7, 11) is 0. The maximum absolute atomic E-state index is 13.1. The van der Waals surface area contributed by atoms with E-state index in [1.54, 1.807) is 5.32 Å². The number of benzene rings is 3. The summed E-state index contributed by atoms with van der Waals surface area (Å²) in [5, 5.41) is 7.40. The van der Waals surface area contributed by atoms with Gasteiger partial charge in [-0.25, -0.2) is 4.39 Å². The van der Waals surface area contributed by atoms with Gasteiger partial charge in [0.2, 0.25) is 0 Å². The molecule has 0 fully saturated rings. The van der Waals surface area contributed by atoms with Crippen LogP contribution in [0.1, 0.15) is 24.1 Å². The fourth-order valence-corrected chi connectivity index (χ4v) is 3.18. The third kappa shape index (κ3) is 5.75. The second-order valence-corrected chi connectivity index (χ2v) is 6.88. The van der Waals surface area contributed by atoms with E-state index in [4.69, 9.17) is 0 Å². The Hall–Kier alpha value is -3.51. The molecule has 0 aliphatic heterocycles. The monoisotopic (exact) mass is 406 g/mol. The van der Waals surface area contributed by atoms with Crippen LogP contribution >= 0.6 is 0 Å². The number of nitrogens with one attached hydrogen (secondary N) is 2. The summed E-state index contributed by atoms with van der Waals surface area (Å²) >= 11 is 0. The zero-order valence-electron chi connectivity index (χ0n) is 16.8. The number of anilines is 2. The molecule has 0 saturated heterocycles. The van der Waals surface area contributed by atoms with Crippen LogP contribution in [0.3, 0.4) is 0 Å². The van der Waals surface area contributed by atoms with Gasteiger partial charge in [0, 0.05) is 16.9 Å². The van der Waals surface area contributed by atoms with Gasteiger partial charge in [-0.15, -0.1) is 0 Å². The number of halogens is 1. The van der Waals surface area contributed by atoms with Crippen LogP contribution in [0.4, 0.5) is 15.8 Å². The SMILES string of the molecule is CCc1ccccc1NC(=O)C[NH2+][C@H](C(=O)Nc1ccc(F)cc1)c1ccccc1. The highest BCUT2D eigenvalue weighted by Crippen LogP contribution is 2.16. The summed E-state index contributed by atoms with van der Waals surface area (Å²) in [6.45, 7) is 2.11. The lowest BCUT2D eigenvalue weighted by molar-refractivity contribution is -0.671. The van der Waals surface area contributed by atoms with Crippen molar-refractivity contribution >= 4 is 23.2 Å². The lowest BCUT2D eigenvalue weighted by atomic mass is 10.1. The molecule has 0 aromatic heterocycles. The van der Waals surface area contributed by atoms with E-state index in [1.807, 2.05) is 61.5 Å². The minimum Gasteiger partial charge on any atom is -0.324 e. The normalized spacial score (nSPS) is 11.5. The van der Waals surface area contributed by atoms with Gasteiger partial charge in [0.15, 0.2) is 12.6 Å². The average molecular weight is 406 g/mol. The molecule has 0 aliphatic rings. The highest BCUT2D eigenvalue weighted by atomic mass is 19.1. The predicted molar refractivity (Wildman–Crippen MR) is 115 cm³/mol. The van der Waals surface area contributed by atoms with Gasteiger partial charge in [0.1, 0.15) is 5.82 Å². The van der Waals surface area contributed by atoms with Gasteiger partial charge < -0.3 is 16.0 Å². The third-order valence-electron chi connectivity index (χ3n) is 4.76. The van der Waals surface area contributed by atoms with Crippen molar-refractivity contribution in [2.75, 3.05) is 17.2 Å². The molecule has 0 bridgehead atoms. The van der Waals surface area contributed by atoms with Gasteiger partial charge in [0.25, 0.3) is 11.8 Å². The van der Waals surface area contributed by atoms with Crippen molar-refractivity contribution in [3.8, 4) is 0 Å². The first-order chi connectivity index (χ1) is 14.6. The molecule has 0 radical (unpaired) electrons. The first-order valence-electron chi connectivity index (χ1n) is 9.89. The number of para-hydroxylation sites is 1. The number of aryl methyl sites for hydroxylation is 1. The first kappa shape index (κ1) is 21.2. The maximum Gasteiger partial charge on any atom is 0.287 e. The molecule has 3 aromatic rings. The van der Waals surface area contributed by atoms with Gasteiger partial charge in [-0.3, -0.25) is 9.59 Å². The molecule has 0 heterocycles. The van der Waals surface area contributed by atoms with Gasteiger partial charge in [-0.1, -0.05) is 55.5 Å². The van der Waals surface area contributed by atoms with Gasteiger partial charge in [-0.2, -0.15) is 0 Å². The summed E-state index contributed by atoms with van der Waals surface area (Å²) in [5.74, 6) is -0.843. The van der Waals surface area contributed by atoms with Crippen molar-refractivity contribution in [3.05, 3.63) is 95.8 Å². The Morgan fingerprint density at radius 1 is 0.900 bits per heavy atom. The lowest BCUT2D eigenvalue weighted by Crippen LogP contribution is -2.89. The third-order valence-corrected chi connectivity index (χ3v) is 4.76. The summed E-state index contributed by atoms with van der Waals surface area (Å²) in [6.07, 6.45) is 0.812. The molecule has 2 amide bonds. The fourth-order valence-electron chi connectivity index (χ4n) is 3.18. The number of carbonyl (C=O) groups is 2. The van der Waals surface area contributed by atoms with Gasteiger partial charge in [0.05, 0.1) is 0 Å². The van der Waals surface area contributed by atoms with Crippen LogP contribution in [0.2, 0.25) is 0 Å². The highest BCUT2D eigenvalue weighted by Gasteiger charge is 2.25. The molecule has 3 rings (SSSR count). The number of hydrogen-bond donors (Lipinski definition) is 3. The summed E-state index contributed by atoms with van der Waals surface area (Å²) in [5.41, 5.74) is 3.11. The quantitative estimate of drug-likeness (QED) is 0.537. The summed E-state index contributed by atoms with van der Waals surface area (Å²) < 4.78 is 13.1. The second kappa shape index (κ2) is 10.3. The second-order valence-electron chi connectivity index (χ2n) is 6.88. The van der Waals surface area contributed by atoms with E-state index in [-0.39, 0.29) is 24.2 Å². The predicted octanol–water partition coefficient (Wildman–Crippen LogP) is 3.27. The molecule has 1 atom stereocenters. The topological polar surface area (TPSA) is 74.8 Å². The maximum atomic E-state index is 13.1. The first-order valence-corrected chi connectivity index (χ1v) is 9.89. The highest BCUT2D eigenvalue weighted by molar-refractivity contribution is 5.95. The van der Waals surface area contributed by atoms with Crippen molar-refractivity contribution < 1.29 is 19.3 Å². The van der Waals surface area contributed by atoms with E-state index >= 15 is 0 Å². The molecular weight excluding hydrogens is 381 g/mol. The smallest absolute Gasteiger partial charge is 0.287 e. The minimum atomic E-state index is -0.622. The van der Waals surface area contributed by atoms with Crippen LogP contribution in [0.5, 0.6) is 0 Å². The molecule has 154 valence electrons. The molecule has 0 aliphatic carbocycles. The van der Waals surface area contributed by atoms with Crippen LogP contribution in [0, 0.1) is 5.82 Å². The van der Waals surface area contributed by atoms with Crippen molar-refractivity contribution in [2.45, 2.75) is 19.4 Å². The van der Waals surface area contributed by atoms with Gasteiger partial charge in [-0.05, 0) is 42.3 Å². The van der Waals surface area contributed by atoms with E-state index in [0.29, 0.717) is 5.69 Å². The number of quaternary nitrogens is 1. The zero-order chi connectivity index (χ0) is 21.3. The van der Waals surface area contributed by atoms with Crippen LogP contribution < -0.4 is 16.0 Å². The van der Waals surface area contributed by atoms with E-state index in [1.165, 1.54) is 24.3 Å². The van der Waals surface area contributed by atoms with Crippen LogP contribution in [0.25, 0.3) is 0 Å². The fraction of sp³-hybridized carbons (Fsp3) is 0.167. The Morgan fingerprint density at radius 3 is 2.27 bits per heavy atom. The van der Waals surface area contributed by atoms with E-state index in [2.05, 4.69) is 10.6 Å². The lowest BCUT2D eigenvalue weighted by Gasteiger charge is -2.16. The summed E-state index contributed by atoms with van der Waals surface area (Å²) in [6, 6.07) is 21.9. The Balaban J connectivity index is 1.69. The average Bonchev–Trinajstić information content (AvgIpc) is 2.76. The van der Waals surface area contributed by atoms with Gasteiger partial charge >= 0.3 is 0 Å². The van der Waals surface area contributed by atoms with Crippen molar-refractivity contribution in [2.24, 2.45) is 0 Å². The number of hydrogen-bond acceptors (Lipinski definition) is 2. The minimum absolute atomic E-state index is 0.0778. The number of rotatable bonds is 8. The summed E-state index contributed by atoms with van der Waals surface area (Å²) in [4.78, 5) is 25.4. The number of carbonyl (C=O) groups excluding carboxylic acids is 2. The van der Waals surface area contributed by atoms with Crippen molar-refractivity contribution in [1.29, 1.82) is 0 Å². The number of amides is 2. The van der Waals surface area contributed by atoms with Crippen molar-refractivity contribution in [1.82, 2.24) is 0 Å². The Morgan fingerprint density at radius 2 is 1.57 bits per heavy atom. The largest absolute Gasteiger partial charge is 0.324 e.